The Kier molecular flexibility index (Phi) is 5.00. The summed E-state index contributed by atoms with van der Waals surface area (Å²) in [5.41, 5.74) is 4.27. The number of halogens is 3. The average molecular weight is 374 g/mol. The molecule has 0 radical (unpaired) electrons. The minimum absolute atomic E-state index is 0.307. The van der Waals surface area contributed by atoms with Crippen molar-refractivity contribution >= 4 is 39.1 Å². The molecule has 0 aliphatic rings. The molecule has 1 unspecified atom stereocenters. The van der Waals surface area contributed by atoms with Crippen LogP contribution in [0.4, 0.5) is 0 Å². The molecule has 2 aromatic carbocycles. The Bertz CT molecular complexity index is 620. The summed E-state index contributed by atoms with van der Waals surface area (Å²) in [6, 6.07) is 9.94. The van der Waals surface area contributed by atoms with Crippen LogP contribution in [0, 0.1) is 13.8 Å². The second-order valence-corrected chi connectivity index (χ2v) is 6.52. The van der Waals surface area contributed by atoms with Crippen molar-refractivity contribution < 1.29 is 4.74 Å². The van der Waals surface area contributed by atoms with Crippen LogP contribution in [-0.2, 0) is 0 Å². The number of ether oxygens (including phenoxy) is 1. The highest BCUT2D eigenvalue weighted by Gasteiger charge is 2.19. The van der Waals surface area contributed by atoms with E-state index in [2.05, 4.69) is 48.0 Å². The van der Waals surface area contributed by atoms with Gasteiger partial charge < -0.3 is 4.74 Å². The van der Waals surface area contributed by atoms with Gasteiger partial charge in [-0.25, -0.2) is 0 Å². The molecule has 20 heavy (non-hydrogen) atoms. The van der Waals surface area contributed by atoms with Crippen LogP contribution in [-0.4, -0.2) is 7.11 Å². The minimum atomic E-state index is -0.307. The SMILES string of the molecule is COc1c(Br)cc(Cl)cc1C(Cl)c1cc(C)cc(C)c1. The quantitative estimate of drug-likeness (QED) is 0.594. The van der Waals surface area contributed by atoms with Crippen LogP contribution in [0.2, 0.25) is 5.02 Å². The third-order valence-electron chi connectivity index (χ3n) is 3.05. The summed E-state index contributed by atoms with van der Waals surface area (Å²) in [6.45, 7) is 4.12. The van der Waals surface area contributed by atoms with Crippen LogP contribution in [0.5, 0.6) is 5.75 Å². The van der Waals surface area contributed by atoms with Crippen LogP contribution in [0.3, 0.4) is 0 Å². The predicted octanol–water partition coefficient (Wildman–Crippen LogP) is 6.06. The lowest BCUT2D eigenvalue weighted by Gasteiger charge is -2.17. The van der Waals surface area contributed by atoms with Crippen LogP contribution in [0.15, 0.2) is 34.8 Å². The van der Waals surface area contributed by atoms with E-state index in [1.807, 2.05) is 6.07 Å². The second-order valence-electron chi connectivity index (χ2n) is 4.79. The van der Waals surface area contributed by atoms with E-state index in [1.54, 1.807) is 13.2 Å². The second kappa shape index (κ2) is 6.38. The smallest absolute Gasteiger partial charge is 0.138 e. The maximum atomic E-state index is 6.64. The van der Waals surface area contributed by atoms with E-state index in [9.17, 15) is 0 Å². The molecular formula is C16H15BrCl2O. The van der Waals surface area contributed by atoms with Gasteiger partial charge in [-0.15, -0.1) is 11.6 Å². The van der Waals surface area contributed by atoms with E-state index in [-0.39, 0.29) is 5.38 Å². The molecule has 0 spiro atoms. The molecule has 1 atom stereocenters. The molecule has 4 heteroatoms. The van der Waals surface area contributed by atoms with Gasteiger partial charge in [-0.2, -0.15) is 0 Å². The van der Waals surface area contributed by atoms with E-state index in [1.165, 1.54) is 11.1 Å². The Morgan fingerprint density at radius 1 is 1.05 bits per heavy atom. The first kappa shape index (κ1) is 15.7. The van der Waals surface area contributed by atoms with Gasteiger partial charge in [-0.05, 0) is 47.5 Å². The summed E-state index contributed by atoms with van der Waals surface area (Å²) >= 11 is 16.2. The number of methoxy groups -OCH3 is 1. The Labute approximate surface area is 138 Å². The van der Waals surface area contributed by atoms with E-state index in [4.69, 9.17) is 27.9 Å². The van der Waals surface area contributed by atoms with Gasteiger partial charge in [0.1, 0.15) is 5.75 Å². The van der Waals surface area contributed by atoms with Crippen molar-refractivity contribution in [1.29, 1.82) is 0 Å². The average Bonchev–Trinajstić information content (AvgIpc) is 2.35. The fourth-order valence-corrected chi connectivity index (χ4v) is 3.60. The topological polar surface area (TPSA) is 9.23 Å². The summed E-state index contributed by atoms with van der Waals surface area (Å²) in [6.07, 6.45) is 0. The predicted molar refractivity (Wildman–Crippen MR) is 89.3 cm³/mol. The molecule has 0 aliphatic heterocycles. The van der Waals surface area contributed by atoms with Gasteiger partial charge in [0, 0.05) is 10.6 Å². The highest BCUT2D eigenvalue weighted by atomic mass is 79.9. The molecule has 0 N–H and O–H groups in total. The molecule has 0 aromatic heterocycles. The normalized spacial score (nSPS) is 12.3. The molecule has 106 valence electrons. The maximum absolute atomic E-state index is 6.64. The van der Waals surface area contributed by atoms with Crippen molar-refractivity contribution in [3.63, 3.8) is 0 Å². The van der Waals surface area contributed by atoms with Crippen molar-refractivity contribution in [1.82, 2.24) is 0 Å². The number of benzene rings is 2. The van der Waals surface area contributed by atoms with Crippen molar-refractivity contribution in [2.45, 2.75) is 19.2 Å². The maximum Gasteiger partial charge on any atom is 0.138 e. The summed E-state index contributed by atoms with van der Waals surface area (Å²) in [4.78, 5) is 0. The molecule has 0 aliphatic carbocycles. The van der Waals surface area contributed by atoms with Gasteiger partial charge in [-0.1, -0.05) is 40.9 Å². The fraction of sp³-hybridized carbons (Fsp3) is 0.250. The number of alkyl halides is 1. The zero-order valence-electron chi connectivity index (χ0n) is 11.5. The molecule has 2 aromatic rings. The highest BCUT2D eigenvalue weighted by molar-refractivity contribution is 9.10. The number of hydrogen-bond acceptors (Lipinski definition) is 1. The van der Waals surface area contributed by atoms with Crippen LogP contribution in [0.25, 0.3) is 0 Å². The third-order valence-corrected chi connectivity index (χ3v) is 4.35. The van der Waals surface area contributed by atoms with Crippen LogP contribution >= 0.6 is 39.1 Å². The van der Waals surface area contributed by atoms with E-state index >= 15 is 0 Å². The molecule has 0 fully saturated rings. The van der Waals surface area contributed by atoms with Crippen molar-refractivity contribution in [2.24, 2.45) is 0 Å². The van der Waals surface area contributed by atoms with Gasteiger partial charge in [0.05, 0.1) is 17.0 Å². The Morgan fingerprint density at radius 2 is 1.65 bits per heavy atom. The Morgan fingerprint density at radius 3 is 2.20 bits per heavy atom. The first-order valence-corrected chi connectivity index (χ1v) is 7.78. The van der Waals surface area contributed by atoms with Gasteiger partial charge in [0.25, 0.3) is 0 Å². The van der Waals surface area contributed by atoms with E-state index < -0.39 is 0 Å². The first-order chi connectivity index (χ1) is 9.42. The third kappa shape index (κ3) is 3.30. The lowest BCUT2D eigenvalue weighted by Crippen LogP contribution is -1.99. The summed E-state index contributed by atoms with van der Waals surface area (Å²) in [5.74, 6) is 0.716. The van der Waals surface area contributed by atoms with Gasteiger partial charge in [-0.3, -0.25) is 0 Å². The number of hydrogen-bond donors (Lipinski definition) is 0. The van der Waals surface area contributed by atoms with E-state index in [0.29, 0.717) is 10.8 Å². The molecule has 0 amide bonds. The van der Waals surface area contributed by atoms with Crippen LogP contribution < -0.4 is 4.74 Å². The Balaban J connectivity index is 2.55. The number of aryl methyl sites for hydroxylation is 2. The van der Waals surface area contributed by atoms with Crippen LogP contribution in [0.1, 0.15) is 27.6 Å². The summed E-state index contributed by atoms with van der Waals surface area (Å²) < 4.78 is 6.25. The summed E-state index contributed by atoms with van der Waals surface area (Å²) in [7, 11) is 1.63. The monoisotopic (exact) mass is 372 g/mol. The van der Waals surface area contributed by atoms with Gasteiger partial charge in [0.15, 0.2) is 0 Å². The Hall–Kier alpha value is -0.700. The summed E-state index contributed by atoms with van der Waals surface area (Å²) in [5, 5.41) is 0.321. The lowest BCUT2D eigenvalue weighted by molar-refractivity contribution is 0.407. The zero-order valence-corrected chi connectivity index (χ0v) is 14.6. The van der Waals surface area contributed by atoms with Crippen molar-refractivity contribution in [3.8, 4) is 5.75 Å². The van der Waals surface area contributed by atoms with Gasteiger partial charge >= 0.3 is 0 Å². The molecule has 0 saturated carbocycles. The van der Waals surface area contributed by atoms with Gasteiger partial charge in [0.2, 0.25) is 0 Å². The molecule has 0 bridgehead atoms. The molecule has 2 rings (SSSR count). The number of rotatable bonds is 3. The highest BCUT2D eigenvalue weighted by Crippen LogP contribution is 2.41. The van der Waals surface area contributed by atoms with Crippen molar-refractivity contribution in [2.75, 3.05) is 7.11 Å². The zero-order chi connectivity index (χ0) is 14.9. The molecule has 0 heterocycles. The largest absolute Gasteiger partial charge is 0.495 e. The standard InChI is InChI=1S/C16H15BrCl2O/c1-9-4-10(2)6-11(5-9)15(19)13-7-12(18)8-14(17)16(13)20-3/h4-8,15H,1-3H3. The first-order valence-electron chi connectivity index (χ1n) is 6.17. The fourth-order valence-electron chi connectivity index (χ4n) is 2.32. The minimum Gasteiger partial charge on any atom is -0.495 e. The lowest BCUT2D eigenvalue weighted by atomic mass is 9.99. The molecule has 1 nitrogen and oxygen atoms in total. The molecule has 0 saturated heterocycles. The van der Waals surface area contributed by atoms with Crippen molar-refractivity contribution in [3.05, 3.63) is 62.1 Å². The molecular weight excluding hydrogens is 359 g/mol. The van der Waals surface area contributed by atoms with E-state index in [0.717, 1.165) is 15.6 Å².